The van der Waals surface area contributed by atoms with Crippen LogP contribution in [0.2, 0.25) is 0 Å². The fourth-order valence-electron chi connectivity index (χ4n) is 1.72. The highest BCUT2D eigenvalue weighted by Crippen LogP contribution is 2.27. The van der Waals surface area contributed by atoms with Crippen molar-refractivity contribution >= 4 is 23.7 Å². The second-order valence-electron chi connectivity index (χ2n) is 3.49. The van der Waals surface area contributed by atoms with Gasteiger partial charge < -0.3 is 5.32 Å². The van der Waals surface area contributed by atoms with Crippen LogP contribution in [0.5, 0.6) is 0 Å². The molecular weight excluding hydrogens is 184 g/mol. The predicted octanol–water partition coefficient (Wildman–Crippen LogP) is 3.31. The highest BCUT2D eigenvalue weighted by atomic mass is 15.0. The van der Waals surface area contributed by atoms with Gasteiger partial charge in [0.25, 0.3) is 0 Å². The maximum absolute atomic E-state index is 4.32. The molecule has 1 aromatic heterocycles. The van der Waals surface area contributed by atoms with Crippen molar-refractivity contribution in [2.75, 3.05) is 5.32 Å². The molecule has 1 N–H and O–H groups in total. The van der Waals surface area contributed by atoms with Crippen molar-refractivity contribution < 1.29 is 0 Å². The molecule has 1 aliphatic heterocycles. The maximum atomic E-state index is 4.32. The standard InChI is InChI=1S/C13H10N2/c1-2-6-12-10(4-1)7-8-11-5-3-9-14-13(11)15-12/h1-9H,(H,14,15). The van der Waals surface area contributed by atoms with Gasteiger partial charge in [-0.15, -0.1) is 0 Å². The first kappa shape index (κ1) is 8.24. The van der Waals surface area contributed by atoms with Gasteiger partial charge in [-0.3, -0.25) is 0 Å². The minimum Gasteiger partial charge on any atom is -0.339 e. The zero-order valence-electron chi connectivity index (χ0n) is 8.14. The van der Waals surface area contributed by atoms with Crippen LogP contribution >= 0.6 is 0 Å². The lowest BCUT2D eigenvalue weighted by Crippen LogP contribution is -1.95. The van der Waals surface area contributed by atoms with Crippen molar-refractivity contribution in [1.29, 1.82) is 0 Å². The number of aromatic nitrogens is 1. The Bertz CT molecular complexity index is 482. The first-order chi connectivity index (χ1) is 7.43. The molecule has 2 heteroatoms. The molecule has 0 amide bonds. The van der Waals surface area contributed by atoms with E-state index < -0.39 is 0 Å². The molecule has 15 heavy (non-hydrogen) atoms. The third-order valence-corrected chi connectivity index (χ3v) is 2.50. The number of fused-ring (bicyclic) bond motifs is 2. The van der Waals surface area contributed by atoms with Crippen molar-refractivity contribution in [2.45, 2.75) is 0 Å². The van der Waals surface area contributed by atoms with Crippen LogP contribution in [-0.2, 0) is 0 Å². The molecule has 1 aliphatic rings. The topological polar surface area (TPSA) is 24.9 Å². The molecule has 0 bridgehead atoms. The molecule has 1 aromatic carbocycles. The zero-order valence-corrected chi connectivity index (χ0v) is 8.14. The van der Waals surface area contributed by atoms with E-state index in [0.29, 0.717) is 0 Å². The van der Waals surface area contributed by atoms with E-state index >= 15 is 0 Å². The number of para-hydroxylation sites is 1. The molecule has 0 aliphatic carbocycles. The van der Waals surface area contributed by atoms with Crippen molar-refractivity contribution in [3.05, 3.63) is 53.7 Å². The molecule has 0 saturated heterocycles. The summed E-state index contributed by atoms with van der Waals surface area (Å²) in [5.41, 5.74) is 3.41. The van der Waals surface area contributed by atoms with Crippen LogP contribution < -0.4 is 5.32 Å². The lowest BCUT2D eigenvalue weighted by Gasteiger charge is -2.07. The smallest absolute Gasteiger partial charge is 0.137 e. The monoisotopic (exact) mass is 194 g/mol. The van der Waals surface area contributed by atoms with Gasteiger partial charge in [0, 0.05) is 17.4 Å². The van der Waals surface area contributed by atoms with Crippen molar-refractivity contribution in [3.63, 3.8) is 0 Å². The van der Waals surface area contributed by atoms with Gasteiger partial charge >= 0.3 is 0 Å². The summed E-state index contributed by atoms with van der Waals surface area (Å²) in [6, 6.07) is 12.2. The summed E-state index contributed by atoms with van der Waals surface area (Å²) in [6.07, 6.45) is 5.99. The molecule has 3 rings (SSSR count). The summed E-state index contributed by atoms with van der Waals surface area (Å²) < 4.78 is 0. The Morgan fingerprint density at radius 3 is 2.67 bits per heavy atom. The van der Waals surface area contributed by atoms with Gasteiger partial charge in [0.15, 0.2) is 0 Å². The summed E-state index contributed by atoms with van der Waals surface area (Å²) in [4.78, 5) is 4.32. The number of anilines is 2. The van der Waals surface area contributed by atoms with Gasteiger partial charge in [0.1, 0.15) is 5.82 Å². The van der Waals surface area contributed by atoms with E-state index in [9.17, 15) is 0 Å². The Kier molecular flexibility index (Phi) is 1.78. The second-order valence-corrected chi connectivity index (χ2v) is 3.49. The molecule has 2 aromatic rings. The number of hydrogen-bond donors (Lipinski definition) is 1. The van der Waals surface area contributed by atoms with E-state index in [1.807, 2.05) is 18.2 Å². The Morgan fingerprint density at radius 1 is 0.867 bits per heavy atom. The van der Waals surface area contributed by atoms with Crippen LogP contribution in [0.1, 0.15) is 11.1 Å². The van der Waals surface area contributed by atoms with Gasteiger partial charge in [-0.25, -0.2) is 4.98 Å². The SMILES string of the molecule is C1=Cc2cccnc2Nc2ccccc21. The summed E-state index contributed by atoms with van der Waals surface area (Å²) in [5.74, 6) is 0.915. The molecule has 0 atom stereocenters. The quantitative estimate of drug-likeness (QED) is 0.594. The van der Waals surface area contributed by atoms with Gasteiger partial charge in [-0.1, -0.05) is 30.4 Å². The summed E-state index contributed by atoms with van der Waals surface area (Å²) in [7, 11) is 0. The van der Waals surface area contributed by atoms with Crippen LogP contribution in [0.3, 0.4) is 0 Å². The molecule has 72 valence electrons. The molecule has 0 fully saturated rings. The number of pyridine rings is 1. The second kappa shape index (κ2) is 3.24. The van der Waals surface area contributed by atoms with Gasteiger partial charge in [0.2, 0.25) is 0 Å². The lowest BCUT2D eigenvalue weighted by atomic mass is 10.1. The number of benzene rings is 1. The summed E-state index contributed by atoms with van der Waals surface area (Å²) in [6.45, 7) is 0. The molecule has 0 unspecified atom stereocenters. The highest BCUT2D eigenvalue weighted by molar-refractivity contribution is 5.85. The van der Waals surface area contributed by atoms with Gasteiger partial charge in [-0.2, -0.15) is 0 Å². The molecule has 0 spiro atoms. The van der Waals surface area contributed by atoms with E-state index in [-0.39, 0.29) is 0 Å². The van der Waals surface area contributed by atoms with Crippen molar-refractivity contribution in [2.24, 2.45) is 0 Å². The molecular formula is C13H10N2. The Balaban J connectivity index is 2.19. The number of hydrogen-bond acceptors (Lipinski definition) is 2. The summed E-state index contributed by atoms with van der Waals surface area (Å²) >= 11 is 0. The maximum Gasteiger partial charge on any atom is 0.137 e. The van der Waals surface area contributed by atoms with E-state index in [1.54, 1.807) is 6.20 Å². The Labute approximate surface area is 88.3 Å². The van der Waals surface area contributed by atoms with Crippen LogP contribution in [0, 0.1) is 0 Å². The van der Waals surface area contributed by atoms with E-state index in [4.69, 9.17) is 0 Å². The third kappa shape index (κ3) is 1.40. The van der Waals surface area contributed by atoms with Crippen molar-refractivity contribution in [3.8, 4) is 0 Å². The fourth-order valence-corrected chi connectivity index (χ4v) is 1.72. The average Bonchev–Trinajstić information content (AvgIpc) is 2.48. The van der Waals surface area contributed by atoms with Gasteiger partial charge in [0.05, 0.1) is 0 Å². The number of rotatable bonds is 0. The van der Waals surface area contributed by atoms with Crippen molar-refractivity contribution in [1.82, 2.24) is 4.98 Å². The minimum atomic E-state index is 0.915. The molecule has 0 radical (unpaired) electrons. The highest BCUT2D eigenvalue weighted by Gasteiger charge is 2.07. The lowest BCUT2D eigenvalue weighted by molar-refractivity contribution is 1.30. The molecule has 2 heterocycles. The van der Waals surface area contributed by atoms with Gasteiger partial charge in [-0.05, 0) is 23.8 Å². The first-order valence-corrected chi connectivity index (χ1v) is 4.93. The fraction of sp³-hybridized carbons (Fsp3) is 0. The number of nitrogens with zero attached hydrogens (tertiary/aromatic N) is 1. The van der Waals surface area contributed by atoms with Crippen LogP contribution in [0.4, 0.5) is 11.5 Å². The normalized spacial score (nSPS) is 12.3. The van der Waals surface area contributed by atoms with Crippen LogP contribution in [0.25, 0.3) is 12.2 Å². The van der Waals surface area contributed by atoms with E-state index in [1.165, 1.54) is 5.56 Å². The van der Waals surface area contributed by atoms with Crippen LogP contribution in [-0.4, -0.2) is 4.98 Å². The Hall–Kier alpha value is -2.09. The largest absolute Gasteiger partial charge is 0.339 e. The van der Waals surface area contributed by atoms with E-state index in [0.717, 1.165) is 17.1 Å². The predicted molar refractivity (Wildman–Crippen MR) is 62.9 cm³/mol. The summed E-state index contributed by atoms with van der Waals surface area (Å²) in [5, 5.41) is 3.33. The third-order valence-electron chi connectivity index (χ3n) is 2.50. The van der Waals surface area contributed by atoms with Crippen LogP contribution in [0.15, 0.2) is 42.6 Å². The molecule has 0 saturated carbocycles. The minimum absolute atomic E-state index is 0.915. The average molecular weight is 194 g/mol. The van der Waals surface area contributed by atoms with E-state index in [2.05, 4.69) is 40.7 Å². The zero-order chi connectivity index (χ0) is 10.1. The first-order valence-electron chi connectivity index (χ1n) is 4.93. The Morgan fingerprint density at radius 2 is 1.67 bits per heavy atom. The number of nitrogens with one attached hydrogen (secondary N) is 1. The molecule has 2 nitrogen and oxygen atoms in total.